The average Bonchev–Trinajstić information content (AvgIpc) is 3.13. The lowest BCUT2D eigenvalue weighted by Crippen LogP contribution is -2.45. The summed E-state index contributed by atoms with van der Waals surface area (Å²) in [5.74, 6) is 1.32. The summed E-state index contributed by atoms with van der Waals surface area (Å²) in [6.45, 7) is 1.01. The van der Waals surface area contributed by atoms with Crippen LogP contribution in [0.2, 0.25) is 0 Å². The van der Waals surface area contributed by atoms with Gasteiger partial charge in [-0.25, -0.2) is 4.98 Å². The van der Waals surface area contributed by atoms with Gasteiger partial charge in [0.2, 0.25) is 0 Å². The lowest BCUT2D eigenvalue weighted by molar-refractivity contribution is 0.0714. The molecule has 1 amide bonds. The Kier molecular flexibility index (Phi) is 4.31. The molecule has 4 rings (SSSR count). The normalized spacial score (nSPS) is 22.4. The van der Waals surface area contributed by atoms with E-state index >= 15 is 0 Å². The molecule has 0 bridgehead atoms. The molecule has 2 aromatic rings. The Morgan fingerprint density at radius 3 is 2.80 bits per heavy atom. The Hall–Kier alpha value is -2.54. The van der Waals surface area contributed by atoms with Crippen LogP contribution >= 0.6 is 0 Å². The minimum absolute atomic E-state index is 0.203. The molecule has 7 heteroatoms. The number of carbonyl (C=O) groups is 1. The van der Waals surface area contributed by atoms with Gasteiger partial charge in [0.05, 0.1) is 12.1 Å². The minimum atomic E-state index is -0.512. The Labute approximate surface area is 145 Å². The molecular weight excluding hydrogens is 324 g/mol. The van der Waals surface area contributed by atoms with Gasteiger partial charge >= 0.3 is 0 Å². The number of benzene rings is 1. The summed E-state index contributed by atoms with van der Waals surface area (Å²) >= 11 is 0. The fourth-order valence-electron chi connectivity index (χ4n) is 3.31. The first kappa shape index (κ1) is 16.0. The number of ether oxygens (including phenoxy) is 2. The molecule has 7 nitrogen and oxygen atoms in total. The summed E-state index contributed by atoms with van der Waals surface area (Å²) in [6.07, 6.45) is 4.19. The number of aromatic nitrogens is 1. The first-order valence-corrected chi connectivity index (χ1v) is 8.55. The zero-order valence-corrected chi connectivity index (χ0v) is 13.7. The summed E-state index contributed by atoms with van der Waals surface area (Å²) in [4.78, 5) is 16.7. The number of nitrogens with one attached hydrogen (secondary N) is 1. The Morgan fingerprint density at radius 1 is 1.16 bits per heavy atom. The van der Waals surface area contributed by atoms with Gasteiger partial charge < -0.3 is 24.3 Å². The average molecular weight is 344 g/mol. The van der Waals surface area contributed by atoms with E-state index in [4.69, 9.17) is 13.9 Å². The van der Waals surface area contributed by atoms with E-state index in [9.17, 15) is 9.90 Å². The zero-order chi connectivity index (χ0) is 17.2. The number of hydrogen-bond donors (Lipinski definition) is 2. The number of rotatable bonds is 3. The summed E-state index contributed by atoms with van der Waals surface area (Å²) in [5, 5.41) is 12.9. The van der Waals surface area contributed by atoms with E-state index in [0.29, 0.717) is 42.5 Å². The number of carbonyl (C=O) groups excluding carboxylic acids is 1. The lowest BCUT2D eigenvalue weighted by atomic mass is 9.92. The highest BCUT2D eigenvalue weighted by atomic mass is 16.6. The highest BCUT2D eigenvalue weighted by Gasteiger charge is 2.27. The van der Waals surface area contributed by atoms with Crippen LogP contribution in [0.25, 0.3) is 11.3 Å². The van der Waals surface area contributed by atoms with Crippen molar-refractivity contribution in [3.8, 4) is 22.8 Å². The molecule has 2 atom stereocenters. The van der Waals surface area contributed by atoms with Crippen molar-refractivity contribution in [2.45, 2.75) is 37.8 Å². The number of aliphatic hydroxyl groups is 1. The fraction of sp³-hybridized carbons (Fsp3) is 0.444. The van der Waals surface area contributed by atoms with Crippen LogP contribution in [-0.4, -0.2) is 41.4 Å². The van der Waals surface area contributed by atoms with E-state index in [2.05, 4.69) is 10.3 Å². The molecule has 1 saturated carbocycles. The van der Waals surface area contributed by atoms with Gasteiger partial charge in [-0.05, 0) is 31.0 Å². The van der Waals surface area contributed by atoms with E-state index in [1.807, 2.05) is 0 Å². The van der Waals surface area contributed by atoms with Crippen molar-refractivity contribution in [1.29, 1.82) is 0 Å². The number of hydrogen-bond acceptors (Lipinski definition) is 6. The van der Waals surface area contributed by atoms with Crippen LogP contribution in [-0.2, 0) is 0 Å². The van der Waals surface area contributed by atoms with Crippen molar-refractivity contribution >= 4 is 5.91 Å². The minimum Gasteiger partial charge on any atom is -0.486 e. The SMILES string of the molecule is O=C(N[C@@H]1CCCC[C@H]1O)c1ncoc1-c1ccc2c(c1)OCCO2. The number of aliphatic hydroxyl groups excluding tert-OH is 1. The van der Waals surface area contributed by atoms with Gasteiger partial charge in [-0.3, -0.25) is 4.79 Å². The molecule has 132 valence electrons. The second-order valence-corrected chi connectivity index (χ2v) is 6.32. The van der Waals surface area contributed by atoms with E-state index in [1.165, 1.54) is 6.39 Å². The standard InChI is InChI=1S/C18H20N2O5/c21-13-4-2-1-3-12(13)20-18(22)16-17(25-10-19-16)11-5-6-14-15(9-11)24-8-7-23-14/h5-6,9-10,12-13,21H,1-4,7-8H2,(H,20,22)/t12-,13-/m1/s1. The molecule has 2 N–H and O–H groups in total. The number of nitrogens with zero attached hydrogens (tertiary/aromatic N) is 1. The third-order valence-corrected chi connectivity index (χ3v) is 4.63. The van der Waals surface area contributed by atoms with Crippen molar-refractivity contribution in [3.05, 3.63) is 30.3 Å². The van der Waals surface area contributed by atoms with Gasteiger partial charge in [0.1, 0.15) is 13.2 Å². The van der Waals surface area contributed by atoms with Crippen LogP contribution in [0.5, 0.6) is 11.5 Å². The van der Waals surface area contributed by atoms with Gasteiger partial charge in [0.25, 0.3) is 5.91 Å². The maximum absolute atomic E-state index is 12.6. The molecule has 2 aliphatic rings. The van der Waals surface area contributed by atoms with Crippen LogP contribution in [0.3, 0.4) is 0 Å². The van der Waals surface area contributed by atoms with Gasteiger partial charge in [-0.1, -0.05) is 12.8 Å². The summed E-state index contributed by atoms with van der Waals surface area (Å²) in [7, 11) is 0. The Bertz CT molecular complexity index is 773. The zero-order valence-electron chi connectivity index (χ0n) is 13.7. The Balaban J connectivity index is 1.57. The first-order valence-electron chi connectivity index (χ1n) is 8.55. The van der Waals surface area contributed by atoms with Crippen LogP contribution < -0.4 is 14.8 Å². The highest BCUT2D eigenvalue weighted by molar-refractivity contribution is 5.98. The topological polar surface area (TPSA) is 93.8 Å². The van der Waals surface area contributed by atoms with Gasteiger partial charge in [0.15, 0.2) is 29.3 Å². The molecule has 25 heavy (non-hydrogen) atoms. The van der Waals surface area contributed by atoms with Crippen LogP contribution in [0.1, 0.15) is 36.2 Å². The van der Waals surface area contributed by atoms with Gasteiger partial charge in [-0.15, -0.1) is 0 Å². The maximum atomic E-state index is 12.6. The molecule has 0 saturated heterocycles. The largest absolute Gasteiger partial charge is 0.486 e. The van der Waals surface area contributed by atoms with Crippen molar-refractivity contribution in [2.75, 3.05) is 13.2 Å². The molecule has 0 spiro atoms. The van der Waals surface area contributed by atoms with Crippen molar-refractivity contribution in [3.63, 3.8) is 0 Å². The van der Waals surface area contributed by atoms with Crippen molar-refractivity contribution < 1.29 is 23.8 Å². The van der Waals surface area contributed by atoms with Crippen molar-refractivity contribution in [2.24, 2.45) is 0 Å². The molecule has 1 fully saturated rings. The van der Waals surface area contributed by atoms with Crippen LogP contribution in [0, 0.1) is 0 Å². The van der Waals surface area contributed by atoms with Gasteiger partial charge in [-0.2, -0.15) is 0 Å². The van der Waals surface area contributed by atoms with Crippen LogP contribution in [0.15, 0.2) is 29.0 Å². The fourth-order valence-corrected chi connectivity index (χ4v) is 3.31. The van der Waals surface area contributed by atoms with Crippen LogP contribution in [0.4, 0.5) is 0 Å². The monoisotopic (exact) mass is 344 g/mol. The molecule has 0 unspecified atom stereocenters. The predicted molar refractivity (Wildman–Crippen MR) is 88.7 cm³/mol. The molecule has 1 aromatic heterocycles. The maximum Gasteiger partial charge on any atom is 0.274 e. The molecule has 0 radical (unpaired) electrons. The Morgan fingerprint density at radius 2 is 1.96 bits per heavy atom. The van der Waals surface area contributed by atoms with E-state index in [0.717, 1.165) is 19.3 Å². The number of amides is 1. The smallest absolute Gasteiger partial charge is 0.274 e. The highest BCUT2D eigenvalue weighted by Crippen LogP contribution is 2.35. The molecule has 2 heterocycles. The molecule has 1 aromatic carbocycles. The predicted octanol–water partition coefficient (Wildman–Crippen LogP) is 2.15. The second-order valence-electron chi connectivity index (χ2n) is 6.32. The number of oxazole rings is 1. The first-order chi connectivity index (χ1) is 12.2. The number of fused-ring (bicyclic) bond motifs is 1. The van der Waals surface area contributed by atoms with Crippen molar-refractivity contribution in [1.82, 2.24) is 10.3 Å². The lowest BCUT2D eigenvalue weighted by Gasteiger charge is -2.28. The third-order valence-electron chi connectivity index (χ3n) is 4.63. The summed E-state index contributed by atoms with van der Waals surface area (Å²) < 4.78 is 16.5. The molecule has 1 aliphatic carbocycles. The molecular formula is C18H20N2O5. The van der Waals surface area contributed by atoms with E-state index < -0.39 is 6.10 Å². The summed E-state index contributed by atoms with van der Waals surface area (Å²) in [5.41, 5.74) is 0.894. The summed E-state index contributed by atoms with van der Waals surface area (Å²) in [6, 6.07) is 5.13. The van der Waals surface area contributed by atoms with E-state index in [1.54, 1.807) is 18.2 Å². The second kappa shape index (κ2) is 6.76. The van der Waals surface area contributed by atoms with Gasteiger partial charge in [0, 0.05) is 5.56 Å². The third kappa shape index (κ3) is 3.19. The van der Waals surface area contributed by atoms with E-state index in [-0.39, 0.29) is 17.6 Å². The molecule has 1 aliphatic heterocycles. The quantitative estimate of drug-likeness (QED) is 0.886.